The fourth-order valence-corrected chi connectivity index (χ4v) is 2.92. The Morgan fingerprint density at radius 2 is 1.92 bits per heavy atom. The number of anilines is 1. The molecule has 5 nitrogen and oxygen atoms in total. The quantitative estimate of drug-likeness (QED) is 0.868. The van der Waals surface area contributed by atoms with Crippen LogP contribution in [0.25, 0.3) is 0 Å². The molecular weight excluding hydrogens is 328 g/mol. The van der Waals surface area contributed by atoms with Gasteiger partial charge in [-0.1, -0.05) is 36.4 Å². The van der Waals surface area contributed by atoms with E-state index in [1.165, 1.54) is 5.56 Å². The summed E-state index contributed by atoms with van der Waals surface area (Å²) in [7, 11) is 0. The summed E-state index contributed by atoms with van der Waals surface area (Å²) in [4.78, 5) is 24.8. The molecule has 26 heavy (non-hydrogen) atoms. The van der Waals surface area contributed by atoms with Crippen molar-refractivity contribution in [2.75, 3.05) is 11.9 Å². The van der Waals surface area contributed by atoms with Crippen LogP contribution in [0.2, 0.25) is 0 Å². The number of amides is 1. The number of rotatable bonds is 5. The van der Waals surface area contributed by atoms with Crippen molar-refractivity contribution < 1.29 is 14.3 Å². The third kappa shape index (κ3) is 4.56. The average molecular weight is 352 g/mol. The average Bonchev–Trinajstić information content (AvgIpc) is 2.64. The van der Waals surface area contributed by atoms with E-state index in [1.54, 1.807) is 0 Å². The van der Waals surface area contributed by atoms with E-state index in [2.05, 4.69) is 10.6 Å². The normalized spacial score (nSPS) is 20.0. The molecule has 1 saturated heterocycles. The molecule has 2 atom stereocenters. The van der Waals surface area contributed by atoms with Crippen LogP contribution in [-0.4, -0.2) is 30.4 Å². The molecule has 0 spiro atoms. The monoisotopic (exact) mass is 352 g/mol. The number of Topliss-reactive ketones (excluding diaryl/α,β-unsaturated/α-hetero) is 1. The zero-order chi connectivity index (χ0) is 18.5. The van der Waals surface area contributed by atoms with Crippen LogP contribution in [0.15, 0.2) is 48.5 Å². The molecule has 2 aromatic rings. The number of hydrogen-bond acceptors (Lipinski definition) is 4. The number of aryl methyl sites for hydroxylation is 2. The third-order valence-corrected chi connectivity index (χ3v) is 4.70. The van der Waals surface area contributed by atoms with Gasteiger partial charge in [0.25, 0.3) is 0 Å². The molecule has 2 aromatic carbocycles. The van der Waals surface area contributed by atoms with Crippen LogP contribution in [0, 0.1) is 13.8 Å². The number of nitrogens with one attached hydrogen (secondary N) is 2. The number of hydrogen-bond donors (Lipinski definition) is 2. The summed E-state index contributed by atoms with van der Waals surface area (Å²) >= 11 is 0. The lowest BCUT2D eigenvalue weighted by atomic mass is 10.00. The first-order valence-electron chi connectivity index (χ1n) is 8.82. The molecule has 0 radical (unpaired) electrons. The van der Waals surface area contributed by atoms with Gasteiger partial charge < -0.3 is 15.4 Å². The highest BCUT2D eigenvalue weighted by molar-refractivity contribution is 5.99. The highest BCUT2D eigenvalue weighted by atomic mass is 16.5. The molecule has 1 aliphatic heterocycles. The van der Waals surface area contributed by atoms with Crippen LogP contribution in [0.4, 0.5) is 5.69 Å². The highest BCUT2D eigenvalue weighted by Gasteiger charge is 2.32. The van der Waals surface area contributed by atoms with Gasteiger partial charge in [-0.3, -0.25) is 9.59 Å². The molecule has 0 saturated carbocycles. The Kier molecular flexibility index (Phi) is 5.81. The Hall–Kier alpha value is -2.50. The Morgan fingerprint density at radius 1 is 1.15 bits per heavy atom. The minimum atomic E-state index is -0.527. The second-order valence-corrected chi connectivity index (χ2v) is 6.70. The first kappa shape index (κ1) is 18.3. The van der Waals surface area contributed by atoms with E-state index in [-0.39, 0.29) is 18.1 Å². The minimum Gasteiger partial charge on any atom is -0.364 e. The Bertz CT molecular complexity index is 789. The van der Waals surface area contributed by atoms with Gasteiger partial charge in [0.15, 0.2) is 5.78 Å². The minimum absolute atomic E-state index is 0.0417. The van der Waals surface area contributed by atoms with Gasteiger partial charge in [-0.25, -0.2) is 0 Å². The number of piperidine rings is 1. The summed E-state index contributed by atoms with van der Waals surface area (Å²) in [5.74, 6) is -0.233. The zero-order valence-corrected chi connectivity index (χ0v) is 15.1. The van der Waals surface area contributed by atoms with Crippen LogP contribution >= 0.6 is 0 Å². The lowest BCUT2D eigenvalue weighted by Crippen LogP contribution is -2.53. The Labute approximate surface area is 153 Å². The number of benzene rings is 2. The smallest absolute Gasteiger partial charge is 0.241 e. The van der Waals surface area contributed by atoms with E-state index >= 15 is 0 Å². The number of carbonyl (C=O) groups excluding carboxylic acids is 2. The van der Waals surface area contributed by atoms with E-state index in [0.717, 1.165) is 16.8 Å². The molecule has 0 aliphatic carbocycles. The largest absolute Gasteiger partial charge is 0.364 e. The standard InChI is InChI=1S/C21H24N2O3/c1-14-8-9-17(10-15(14)2)23-21(25)18-11-19(24)20(12-22-18)26-13-16-6-4-3-5-7-16/h3-10,18,20,22H,11-13H2,1-2H3,(H,23,25). The number of carbonyl (C=O) groups is 2. The van der Waals surface area contributed by atoms with Crippen LogP contribution in [0.3, 0.4) is 0 Å². The predicted molar refractivity (Wildman–Crippen MR) is 101 cm³/mol. The van der Waals surface area contributed by atoms with Gasteiger partial charge in [-0.05, 0) is 42.7 Å². The molecule has 3 rings (SSSR count). The van der Waals surface area contributed by atoms with Crippen molar-refractivity contribution >= 4 is 17.4 Å². The van der Waals surface area contributed by atoms with Gasteiger partial charge in [-0.2, -0.15) is 0 Å². The van der Waals surface area contributed by atoms with Crippen molar-refractivity contribution in [3.8, 4) is 0 Å². The van der Waals surface area contributed by atoms with Crippen LogP contribution in [0.1, 0.15) is 23.1 Å². The lowest BCUT2D eigenvalue weighted by molar-refractivity contribution is -0.137. The third-order valence-electron chi connectivity index (χ3n) is 4.70. The molecule has 1 fully saturated rings. The molecule has 2 unspecified atom stereocenters. The molecule has 0 bridgehead atoms. The maximum Gasteiger partial charge on any atom is 0.241 e. The predicted octanol–water partition coefficient (Wildman–Crippen LogP) is 2.76. The second-order valence-electron chi connectivity index (χ2n) is 6.70. The van der Waals surface area contributed by atoms with Gasteiger partial charge in [0.2, 0.25) is 5.91 Å². The Morgan fingerprint density at radius 3 is 2.62 bits per heavy atom. The van der Waals surface area contributed by atoms with Crippen LogP contribution in [0.5, 0.6) is 0 Å². The SMILES string of the molecule is Cc1ccc(NC(=O)C2CC(=O)C(OCc3ccccc3)CN2)cc1C. The summed E-state index contributed by atoms with van der Waals surface area (Å²) in [5, 5.41) is 6.00. The fraction of sp³-hybridized carbons (Fsp3) is 0.333. The summed E-state index contributed by atoms with van der Waals surface area (Å²) in [5.41, 5.74) is 4.06. The van der Waals surface area contributed by atoms with Crippen molar-refractivity contribution in [2.45, 2.75) is 39.0 Å². The fourth-order valence-electron chi connectivity index (χ4n) is 2.92. The lowest BCUT2D eigenvalue weighted by Gasteiger charge is -2.28. The van der Waals surface area contributed by atoms with Crippen LogP contribution in [-0.2, 0) is 20.9 Å². The second kappa shape index (κ2) is 8.25. The van der Waals surface area contributed by atoms with E-state index in [4.69, 9.17) is 4.74 Å². The van der Waals surface area contributed by atoms with Crippen molar-refractivity contribution in [2.24, 2.45) is 0 Å². The molecule has 5 heteroatoms. The van der Waals surface area contributed by atoms with Gasteiger partial charge in [0.05, 0.1) is 12.6 Å². The highest BCUT2D eigenvalue weighted by Crippen LogP contribution is 2.16. The Balaban J connectivity index is 1.51. The molecule has 0 aromatic heterocycles. The first-order chi connectivity index (χ1) is 12.5. The van der Waals surface area contributed by atoms with Crippen LogP contribution < -0.4 is 10.6 Å². The topological polar surface area (TPSA) is 67.4 Å². The van der Waals surface area contributed by atoms with Gasteiger partial charge in [0.1, 0.15) is 6.10 Å². The summed E-state index contributed by atoms with van der Waals surface area (Å²) < 4.78 is 5.71. The van der Waals surface area contributed by atoms with Gasteiger partial charge in [-0.15, -0.1) is 0 Å². The molecule has 1 heterocycles. The van der Waals surface area contributed by atoms with Gasteiger partial charge >= 0.3 is 0 Å². The maximum atomic E-state index is 12.4. The summed E-state index contributed by atoms with van der Waals surface area (Å²) in [6.45, 7) is 4.76. The number of ether oxygens (including phenoxy) is 1. The molecular formula is C21H24N2O3. The van der Waals surface area contributed by atoms with Crippen molar-refractivity contribution in [1.82, 2.24) is 5.32 Å². The van der Waals surface area contributed by atoms with E-state index in [1.807, 2.05) is 62.4 Å². The van der Waals surface area contributed by atoms with E-state index < -0.39 is 12.1 Å². The van der Waals surface area contributed by atoms with E-state index in [0.29, 0.717) is 13.2 Å². The molecule has 1 aliphatic rings. The molecule has 1 amide bonds. The molecule has 2 N–H and O–H groups in total. The van der Waals surface area contributed by atoms with Crippen molar-refractivity contribution in [3.05, 3.63) is 65.2 Å². The van der Waals surface area contributed by atoms with Crippen molar-refractivity contribution in [1.29, 1.82) is 0 Å². The van der Waals surface area contributed by atoms with Gasteiger partial charge in [0, 0.05) is 18.7 Å². The molecule has 136 valence electrons. The number of ketones is 1. The summed E-state index contributed by atoms with van der Waals surface area (Å²) in [6.07, 6.45) is -0.378. The van der Waals surface area contributed by atoms with E-state index in [9.17, 15) is 9.59 Å². The maximum absolute atomic E-state index is 12.4. The summed E-state index contributed by atoms with van der Waals surface area (Å²) in [6, 6.07) is 15.0. The van der Waals surface area contributed by atoms with Crippen molar-refractivity contribution in [3.63, 3.8) is 0 Å². The first-order valence-corrected chi connectivity index (χ1v) is 8.82. The zero-order valence-electron chi connectivity index (χ0n) is 15.1.